The van der Waals surface area contributed by atoms with Gasteiger partial charge in [0.05, 0.1) is 17.8 Å². The monoisotopic (exact) mass is 295 g/mol. The Balaban J connectivity index is 2.19. The van der Waals surface area contributed by atoms with Crippen LogP contribution in [-0.2, 0) is 9.53 Å². The Morgan fingerprint density at radius 2 is 2.10 bits per heavy atom. The van der Waals surface area contributed by atoms with Crippen molar-refractivity contribution in [2.24, 2.45) is 0 Å². The Kier molecular flexibility index (Phi) is 4.62. The number of amides is 1. The number of nitrogens with zero attached hydrogens (tertiary/aromatic N) is 3. The van der Waals surface area contributed by atoms with Crippen LogP contribution in [0.1, 0.15) is 41.9 Å². The molecule has 21 heavy (non-hydrogen) atoms. The number of ether oxygens (including phenoxy) is 1. The summed E-state index contributed by atoms with van der Waals surface area (Å²) < 4.78 is 7.19. The molecule has 1 atom stereocenters. The zero-order valence-electron chi connectivity index (χ0n) is 12.6. The van der Waals surface area contributed by atoms with Gasteiger partial charge in [0.25, 0.3) is 5.91 Å². The highest BCUT2D eigenvalue weighted by Gasteiger charge is 2.27. The van der Waals surface area contributed by atoms with E-state index in [1.807, 2.05) is 11.6 Å². The SMILES string of the molecule is Cc1c(C(=O)N(C)C(C)C(=O)O)cnn1C1CCOCC1. The molecule has 1 unspecified atom stereocenters. The highest BCUT2D eigenvalue weighted by atomic mass is 16.5. The number of hydrogen-bond donors (Lipinski definition) is 1. The summed E-state index contributed by atoms with van der Waals surface area (Å²) in [4.78, 5) is 24.6. The zero-order valence-corrected chi connectivity index (χ0v) is 12.6. The van der Waals surface area contributed by atoms with Crippen LogP contribution in [0.15, 0.2) is 6.20 Å². The van der Waals surface area contributed by atoms with Gasteiger partial charge in [0.1, 0.15) is 6.04 Å². The second-order valence-electron chi connectivity index (χ2n) is 5.36. The Bertz CT molecular complexity index is 534. The number of rotatable bonds is 4. The molecule has 1 aliphatic heterocycles. The Morgan fingerprint density at radius 3 is 2.67 bits per heavy atom. The molecule has 1 N–H and O–H groups in total. The maximum Gasteiger partial charge on any atom is 0.326 e. The number of aromatic nitrogens is 2. The van der Waals surface area contributed by atoms with E-state index in [1.54, 1.807) is 0 Å². The van der Waals surface area contributed by atoms with Crippen molar-refractivity contribution in [3.8, 4) is 0 Å². The van der Waals surface area contributed by atoms with Gasteiger partial charge in [-0.3, -0.25) is 9.48 Å². The van der Waals surface area contributed by atoms with Crippen LogP contribution >= 0.6 is 0 Å². The van der Waals surface area contributed by atoms with E-state index in [-0.39, 0.29) is 11.9 Å². The zero-order chi connectivity index (χ0) is 15.6. The third kappa shape index (κ3) is 3.07. The van der Waals surface area contributed by atoms with Gasteiger partial charge in [-0.25, -0.2) is 4.79 Å². The molecule has 7 nitrogen and oxygen atoms in total. The number of aliphatic carboxylic acids is 1. The molecule has 1 aliphatic rings. The van der Waals surface area contributed by atoms with E-state index in [2.05, 4.69) is 5.10 Å². The first kappa shape index (κ1) is 15.5. The first-order valence-electron chi connectivity index (χ1n) is 7.05. The number of carbonyl (C=O) groups is 2. The molecule has 116 valence electrons. The summed E-state index contributed by atoms with van der Waals surface area (Å²) in [6.45, 7) is 4.72. The van der Waals surface area contributed by atoms with E-state index < -0.39 is 12.0 Å². The van der Waals surface area contributed by atoms with Gasteiger partial charge < -0.3 is 14.7 Å². The second-order valence-corrected chi connectivity index (χ2v) is 5.36. The van der Waals surface area contributed by atoms with E-state index in [1.165, 1.54) is 25.1 Å². The van der Waals surface area contributed by atoms with Gasteiger partial charge in [0.15, 0.2) is 0 Å². The van der Waals surface area contributed by atoms with Gasteiger partial charge in [-0.2, -0.15) is 5.10 Å². The van der Waals surface area contributed by atoms with Crippen LogP contribution in [0.3, 0.4) is 0 Å². The number of carbonyl (C=O) groups excluding carboxylic acids is 1. The molecule has 0 saturated carbocycles. The summed E-state index contributed by atoms with van der Waals surface area (Å²) >= 11 is 0. The third-order valence-corrected chi connectivity index (χ3v) is 4.07. The lowest BCUT2D eigenvalue weighted by Crippen LogP contribution is -2.40. The van der Waals surface area contributed by atoms with Gasteiger partial charge in [-0.15, -0.1) is 0 Å². The lowest BCUT2D eigenvalue weighted by Gasteiger charge is -2.24. The van der Waals surface area contributed by atoms with Crippen LogP contribution in [0.25, 0.3) is 0 Å². The highest BCUT2D eigenvalue weighted by Crippen LogP contribution is 2.23. The van der Waals surface area contributed by atoms with Crippen molar-refractivity contribution < 1.29 is 19.4 Å². The van der Waals surface area contributed by atoms with Crippen molar-refractivity contribution in [1.29, 1.82) is 0 Å². The van der Waals surface area contributed by atoms with Crippen molar-refractivity contribution >= 4 is 11.9 Å². The van der Waals surface area contributed by atoms with Gasteiger partial charge in [0, 0.05) is 26.0 Å². The lowest BCUT2D eigenvalue weighted by molar-refractivity contribution is -0.141. The van der Waals surface area contributed by atoms with Crippen LogP contribution in [0.2, 0.25) is 0 Å². The molecule has 1 aromatic rings. The molecule has 2 heterocycles. The number of carboxylic acids is 1. The minimum atomic E-state index is -1.03. The van der Waals surface area contributed by atoms with Crippen LogP contribution in [-0.4, -0.2) is 58.0 Å². The molecule has 0 bridgehead atoms. The summed E-state index contributed by atoms with van der Waals surface area (Å²) in [5.74, 6) is -1.35. The molecule has 0 aliphatic carbocycles. The third-order valence-electron chi connectivity index (χ3n) is 4.07. The predicted molar refractivity (Wildman–Crippen MR) is 75.2 cm³/mol. The minimum Gasteiger partial charge on any atom is -0.480 e. The maximum absolute atomic E-state index is 12.4. The molecule has 0 radical (unpaired) electrons. The average Bonchev–Trinajstić information content (AvgIpc) is 2.87. The molecule has 1 amide bonds. The average molecular weight is 295 g/mol. The topological polar surface area (TPSA) is 84.7 Å². The van der Waals surface area contributed by atoms with Crippen molar-refractivity contribution in [2.45, 2.75) is 38.8 Å². The number of hydrogen-bond acceptors (Lipinski definition) is 4. The predicted octanol–water partition coefficient (Wildman–Crippen LogP) is 1.09. The van der Waals surface area contributed by atoms with Crippen LogP contribution in [0.5, 0.6) is 0 Å². The van der Waals surface area contributed by atoms with Crippen molar-refractivity contribution in [3.05, 3.63) is 17.5 Å². The quantitative estimate of drug-likeness (QED) is 0.898. The fraction of sp³-hybridized carbons (Fsp3) is 0.643. The fourth-order valence-corrected chi connectivity index (χ4v) is 2.46. The summed E-state index contributed by atoms with van der Waals surface area (Å²) in [6, 6.07) is -0.633. The molecule has 1 saturated heterocycles. The molecule has 2 rings (SSSR count). The van der Waals surface area contributed by atoms with Crippen LogP contribution in [0.4, 0.5) is 0 Å². The largest absolute Gasteiger partial charge is 0.480 e. The summed E-state index contributed by atoms with van der Waals surface area (Å²) in [5, 5.41) is 13.3. The van der Waals surface area contributed by atoms with Gasteiger partial charge in [-0.1, -0.05) is 0 Å². The summed E-state index contributed by atoms with van der Waals surface area (Å²) in [7, 11) is 1.49. The molecule has 1 aromatic heterocycles. The summed E-state index contributed by atoms with van der Waals surface area (Å²) in [5.41, 5.74) is 1.23. The Labute approximate surface area is 123 Å². The minimum absolute atomic E-state index is 0.238. The van der Waals surface area contributed by atoms with Crippen molar-refractivity contribution in [2.75, 3.05) is 20.3 Å². The smallest absolute Gasteiger partial charge is 0.326 e. The van der Waals surface area contributed by atoms with Crippen LogP contribution in [0, 0.1) is 6.92 Å². The van der Waals surface area contributed by atoms with Crippen LogP contribution < -0.4 is 0 Å². The molecule has 0 spiro atoms. The molecular formula is C14H21N3O4. The maximum atomic E-state index is 12.4. The summed E-state index contributed by atoms with van der Waals surface area (Å²) in [6.07, 6.45) is 3.27. The van der Waals surface area contributed by atoms with E-state index in [0.29, 0.717) is 18.8 Å². The van der Waals surface area contributed by atoms with E-state index in [9.17, 15) is 9.59 Å². The number of likely N-dealkylation sites (N-methyl/N-ethyl adjacent to an activating group) is 1. The van der Waals surface area contributed by atoms with Crippen molar-refractivity contribution in [3.63, 3.8) is 0 Å². The molecular weight excluding hydrogens is 274 g/mol. The Morgan fingerprint density at radius 1 is 1.48 bits per heavy atom. The van der Waals surface area contributed by atoms with Gasteiger partial charge in [0.2, 0.25) is 0 Å². The first-order valence-corrected chi connectivity index (χ1v) is 7.05. The first-order chi connectivity index (χ1) is 9.93. The van der Waals surface area contributed by atoms with E-state index >= 15 is 0 Å². The molecule has 0 aromatic carbocycles. The lowest BCUT2D eigenvalue weighted by atomic mass is 10.1. The van der Waals surface area contributed by atoms with E-state index in [0.717, 1.165) is 18.5 Å². The fourth-order valence-electron chi connectivity index (χ4n) is 2.46. The Hall–Kier alpha value is -1.89. The number of carboxylic acid groups (broad SMARTS) is 1. The van der Waals surface area contributed by atoms with Gasteiger partial charge >= 0.3 is 5.97 Å². The molecule has 1 fully saturated rings. The van der Waals surface area contributed by atoms with E-state index in [4.69, 9.17) is 9.84 Å². The second kappa shape index (κ2) is 6.26. The molecule has 7 heteroatoms. The van der Waals surface area contributed by atoms with Gasteiger partial charge in [-0.05, 0) is 26.7 Å². The van der Waals surface area contributed by atoms with Crippen molar-refractivity contribution in [1.82, 2.24) is 14.7 Å². The standard InChI is InChI=1S/C14H21N3O4/c1-9-12(13(18)16(3)10(2)14(19)20)8-15-17(9)11-4-6-21-7-5-11/h8,10-11H,4-7H2,1-3H3,(H,19,20). The normalized spacial score (nSPS) is 17.5. The highest BCUT2D eigenvalue weighted by molar-refractivity contribution is 5.97.